The van der Waals surface area contributed by atoms with Gasteiger partial charge in [0.1, 0.15) is 11.9 Å². The maximum Gasteiger partial charge on any atom is 0.430 e. The summed E-state index contributed by atoms with van der Waals surface area (Å²) in [4.78, 5) is 14.3. The number of hydrogen-bond acceptors (Lipinski definition) is 9. The maximum atomic E-state index is 12.6. The van der Waals surface area contributed by atoms with Crippen molar-refractivity contribution < 1.29 is 34.4 Å². The number of amides is 1. The number of aliphatic hydroxyl groups excluding tert-OH is 1. The number of benzene rings is 1. The van der Waals surface area contributed by atoms with Gasteiger partial charge < -0.3 is 45.6 Å². The molecule has 3 aliphatic rings. The van der Waals surface area contributed by atoms with Gasteiger partial charge in [0.15, 0.2) is 6.29 Å². The van der Waals surface area contributed by atoms with Crippen LogP contribution in [-0.2, 0) is 11.2 Å². The Bertz CT molecular complexity index is 795. The van der Waals surface area contributed by atoms with E-state index in [9.17, 15) is 25.1 Å². The van der Waals surface area contributed by atoms with Crippen LogP contribution >= 0.6 is 0 Å². The van der Waals surface area contributed by atoms with Gasteiger partial charge in [-0.1, -0.05) is 12.4 Å². The quantitative estimate of drug-likeness (QED) is 0.244. The normalized spacial score (nSPS) is 22.8. The molecule has 3 heterocycles. The van der Waals surface area contributed by atoms with Gasteiger partial charge in [0.2, 0.25) is 5.91 Å². The molecule has 4 rings (SSSR count). The summed E-state index contributed by atoms with van der Waals surface area (Å²) in [6.45, 7) is -0.611. The number of likely N-dealkylation sites (tertiary alicyclic amines) is 1. The fraction of sp³-hybridized carbons (Fsp3) is 0.632. The van der Waals surface area contributed by atoms with E-state index < -0.39 is 19.1 Å². The lowest BCUT2D eigenvalue weighted by Crippen LogP contribution is -2.61. The second-order valence-electron chi connectivity index (χ2n) is 8.45. The molecule has 11 heteroatoms. The van der Waals surface area contributed by atoms with E-state index in [1.807, 2.05) is 0 Å². The maximum absolute atomic E-state index is 12.6. The minimum atomic E-state index is -3.05. The molecule has 166 valence electrons. The van der Waals surface area contributed by atoms with Crippen LogP contribution in [-0.4, -0.2) is 76.1 Å². The van der Waals surface area contributed by atoms with Crippen LogP contribution in [0.3, 0.4) is 0 Å². The first-order valence-corrected chi connectivity index (χ1v) is 10.5. The van der Waals surface area contributed by atoms with E-state index in [1.165, 1.54) is 0 Å². The number of carbonyl (C=O) groups is 1. The number of rotatable bonds is 5. The second kappa shape index (κ2) is 8.33. The molecule has 10 nitrogen and oxygen atoms in total. The molecule has 2 fully saturated rings. The van der Waals surface area contributed by atoms with Crippen LogP contribution in [0.4, 0.5) is 0 Å². The first-order valence-electron chi connectivity index (χ1n) is 10.5. The first-order chi connectivity index (χ1) is 14.2. The fourth-order valence-electron chi connectivity index (χ4n) is 4.39. The second-order valence-corrected chi connectivity index (χ2v) is 8.45. The zero-order valence-electron chi connectivity index (χ0n) is 16.7. The summed E-state index contributed by atoms with van der Waals surface area (Å²) in [7, 11) is 0. The lowest BCUT2D eigenvalue weighted by Gasteiger charge is -2.42. The summed E-state index contributed by atoms with van der Waals surface area (Å²) in [5.74, 6) is 0.286. The van der Waals surface area contributed by atoms with Crippen LogP contribution in [0.5, 0.6) is 11.5 Å². The van der Waals surface area contributed by atoms with Crippen LogP contribution in [0.15, 0.2) is 12.1 Å². The molecular weight excluding hydrogens is 393 g/mol. The number of aryl methyl sites for hydroxylation is 1. The lowest BCUT2D eigenvalue weighted by atomic mass is 9.70. The number of piperidine rings is 1. The Labute approximate surface area is 174 Å². The highest BCUT2D eigenvalue weighted by molar-refractivity contribution is 6.58. The van der Waals surface area contributed by atoms with Crippen molar-refractivity contribution in [2.75, 3.05) is 26.2 Å². The van der Waals surface area contributed by atoms with Crippen molar-refractivity contribution >= 4 is 12.7 Å². The van der Waals surface area contributed by atoms with Gasteiger partial charge >= 0.3 is 6.75 Å². The Balaban J connectivity index is 1.41. The van der Waals surface area contributed by atoms with Crippen molar-refractivity contribution in [3.05, 3.63) is 23.3 Å². The Morgan fingerprint density at radius 1 is 1.27 bits per heavy atom. The molecule has 0 aromatic heterocycles. The molecule has 1 unspecified atom stereocenters. The Kier molecular flexibility index (Phi) is 5.93. The summed E-state index contributed by atoms with van der Waals surface area (Å²) in [6, 6.07) is 2.79. The molecule has 7 N–H and O–H groups in total. The van der Waals surface area contributed by atoms with E-state index in [0.717, 1.165) is 25.9 Å². The van der Waals surface area contributed by atoms with E-state index in [0.29, 0.717) is 25.1 Å². The topological polar surface area (TPSA) is 158 Å². The average molecular weight is 422 g/mol. The highest BCUT2D eigenvalue weighted by Crippen LogP contribution is 2.41. The Morgan fingerprint density at radius 3 is 2.63 bits per heavy atom. The molecule has 1 aromatic carbocycles. The molecule has 0 spiro atoms. The first kappa shape index (κ1) is 21.4. The van der Waals surface area contributed by atoms with Crippen molar-refractivity contribution in [3.63, 3.8) is 0 Å². The van der Waals surface area contributed by atoms with Crippen molar-refractivity contribution in [3.8, 4) is 11.5 Å². The number of aliphatic hydroxyl groups is 2. The summed E-state index contributed by atoms with van der Waals surface area (Å²) in [5, 5.41) is 42.6. The molecule has 0 aliphatic carbocycles. The van der Waals surface area contributed by atoms with Crippen LogP contribution in [0.25, 0.3) is 0 Å². The van der Waals surface area contributed by atoms with Gasteiger partial charge in [0, 0.05) is 0 Å². The van der Waals surface area contributed by atoms with Gasteiger partial charge in [0.05, 0.1) is 30.4 Å². The number of nitrogens with two attached hydrogens (primary N) is 1. The van der Waals surface area contributed by atoms with Gasteiger partial charge in [-0.25, -0.2) is 0 Å². The SMILES string of the molecule is NC(C(=O)N1CC(Oc2ccc3c(c2C(O)O)O[B-](O)(O)CC3)C1)C1CCNCC1. The van der Waals surface area contributed by atoms with Crippen molar-refractivity contribution in [2.45, 2.75) is 44.0 Å². The largest absolute Gasteiger partial charge is 0.670 e. The van der Waals surface area contributed by atoms with Gasteiger partial charge in [-0.2, -0.15) is 0 Å². The zero-order chi connectivity index (χ0) is 21.5. The van der Waals surface area contributed by atoms with Crippen molar-refractivity contribution in [1.82, 2.24) is 10.2 Å². The summed E-state index contributed by atoms with van der Waals surface area (Å²) in [5.41, 5.74) is 6.78. The van der Waals surface area contributed by atoms with Crippen LogP contribution in [0, 0.1) is 5.92 Å². The highest BCUT2D eigenvalue weighted by Gasteiger charge is 2.39. The number of ether oxygens (including phenoxy) is 1. The molecular formula is C19H29BN3O7-. The van der Waals surface area contributed by atoms with Gasteiger partial charge in [0.25, 0.3) is 0 Å². The lowest BCUT2D eigenvalue weighted by molar-refractivity contribution is -0.143. The van der Waals surface area contributed by atoms with Crippen LogP contribution < -0.4 is 20.4 Å². The molecule has 0 radical (unpaired) electrons. The predicted octanol–water partition coefficient (Wildman–Crippen LogP) is -1.56. The Hall–Kier alpha value is -1.89. The molecule has 1 atom stereocenters. The van der Waals surface area contributed by atoms with E-state index in [2.05, 4.69) is 5.32 Å². The van der Waals surface area contributed by atoms with Crippen molar-refractivity contribution in [1.29, 1.82) is 0 Å². The molecule has 1 amide bonds. The number of carbonyl (C=O) groups excluding carboxylic acids is 1. The number of nitrogens with zero attached hydrogens (tertiary/aromatic N) is 1. The van der Waals surface area contributed by atoms with E-state index in [4.69, 9.17) is 15.1 Å². The molecule has 3 aliphatic heterocycles. The van der Waals surface area contributed by atoms with Crippen LogP contribution in [0.2, 0.25) is 6.32 Å². The number of nitrogens with one attached hydrogen (secondary N) is 1. The van der Waals surface area contributed by atoms with Crippen LogP contribution in [0.1, 0.15) is 30.3 Å². The number of hydrogen-bond donors (Lipinski definition) is 6. The third-order valence-corrected chi connectivity index (χ3v) is 6.22. The summed E-state index contributed by atoms with van der Waals surface area (Å²) >= 11 is 0. The number of fused-ring (bicyclic) bond motifs is 1. The highest BCUT2D eigenvalue weighted by atomic mass is 16.6. The predicted molar refractivity (Wildman–Crippen MR) is 108 cm³/mol. The average Bonchev–Trinajstić information content (AvgIpc) is 2.68. The summed E-state index contributed by atoms with van der Waals surface area (Å²) < 4.78 is 11.1. The van der Waals surface area contributed by atoms with Gasteiger partial charge in [-0.15, -0.1) is 0 Å². The zero-order valence-corrected chi connectivity index (χ0v) is 16.7. The molecule has 1 aromatic rings. The van der Waals surface area contributed by atoms with E-state index in [-0.39, 0.29) is 41.3 Å². The van der Waals surface area contributed by atoms with E-state index >= 15 is 0 Å². The third-order valence-electron chi connectivity index (χ3n) is 6.22. The van der Waals surface area contributed by atoms with Gasteiger partial charge in [-0.05, 0) is 49.9 Å². The minimum Gasteiger partial charge on any atom is -0.670 e. The van der Waals surface area contributed by atoms with Crippen molar-refractivity contribution in [2.24, 2.45) is 11.7 Å². The minimum absolute atomic E-state index is 0.0268. The van der Waals surface area contributed by atoms with E-state index in [1.54, 1.807) is 17.0 Å². The molecule has 0 bridgehead atoms. The smallest absolute Gasteiger partial charge is 0.430 e. The third kappa shape index (κ3) is 4.27. The molecule has 30 heavy (non-hydrogen) atoms. The Morgan fingerprint density at radius 2 is 1.97 bits per heavy atom. The molecule has 0 saturated carbocycles. The fourth-order valence-corrected chi connectivity index (χ4v) is 4.39. The summed E-state index contributed by atoms with van der Waals surface area (Å²) in [6.07, 6.45) is -0.107. The molecule has 2 saturated heterocycles. The van der Waals surface area contributed by atoms with Gasteiger partial charge in [-0.3, -0.25) is 4.79 Å². The monoisotopic (exact) mass is 422 g/mol. The standard InChI is InChI=1S/C19H29BN3O7/c21-16(11-4-7-22-8-5-11)18(24)23-9-13(10-23)29-14-2-1-12-3-6-20(27,28)30-17(12)15(14)19(25)26/h1-2,11,13,16,19,22,25-28H,3-10,21H2/q-1.